The molecule has 0 heterocycles. The molecule has 0 saturated carbocycles. The van der Waals surface area contributed by atoms with Gasteiger partial charge in [-0.05, 0) is 65.1 Å². The predicted octanol–water partition coefficient (Wildman–Crippen LogP) is 2.98. The molecule has 0 saturated heterocycles. The van der Waals surface area contributed by atoms with Crippen molar-refractivity contribution in [1.82, 2.24) is 0 Å². The molecule has 2 aromatic rings. The van der Waals surface area contributed by atoms with Gasteiger partial charge in [0.15, 0.2) is 0 Å². The summed E-state index contributed by atoms with van der Waals surface area (Å²) in [6.45, 7) is 0. The normalized spacial score (nSPS) is 9.47. The molecule has 2 rings (SSSR count). The largest absolute Gasteiger partial charge is 0.506 e. The zero-order valence-electron chi connectivity index (χ0n) is 8.94. The molecule has 0 aliphatic rings. The highest BCUT2D eigenvalue weighted by atomic mass is 127. The molecule has 0 aliphatic heterocycles. The van der Waals surface area contributed by atoms with Crippen LogP contribution >= 0.6 is 22.6 Å². The van der Waals surface area contributed by atoms with E-state index in [2.05, 4.69) is 34.4 Å². The average molecular weight is 335 g/mol. The van der Waals surface area contributed by atoms with Crippen LogP contribution in [-0.2, 0) is 0 Å². The standard InChI is InChI=1S/C14H10INO/c15-12-6-3-10(4-7-12)1-2-11-5-8-14(17)13(16)9-11/h3-9,17H,16H2. The summed E-state index contributed by atoms with van der Waals surface area (Å²) in [5.74, 6) is 6.14. The molecule has 2 aromatic carbocycles. The number of benzene rings is 2. The highest BCUT2D eigenvalue weighted by molar-refractivity contribution is 14.1. The lowest BCUT2D eigenvalue weighted by molar-refractivity contribution is 0.478. The van der Waals surface area contributed by atoms with Crippen LogP contribution in [0.25, 0.3) is 0 Å². The van der Waals surface area contributed by atoms with Crippen LogP contribution in [-0.4, -0.2) is 5.11 Å². The summed E-state index contributed by atoms with van der Waals surface area (Å²) in [5, 5.41) is 9.29. The van der Waals surface area contributed by atoms with Crippen molar-refractivity contribution in [3.63, 3.8) is 0 Å². The van der Waals surface area contributed by atoms with Crippen molar-refractivity contribution in [3.8, 4) is 17.6 Å². The molecule has 0 fully saturated rings. The first-order chi connectivity index (χ1) is 8.15. The quantitative estimate of drug-likeness (QED) is 0.337. The minimum absolute atomic E-state index is 0.0878. The van der Waals surface area contributed by atoms with Gasteiger partial charge in [-0.15, -0.1) is 0 Å². The van der Waals surface area contributed by atoms with E-state index in [1.54, 1.807) is 18.2 Å². The van der Waals surface area contributed by atoms with Gasteiger partial charge in [-0.1, -0.05) is 11.8 Å². The third-order valence-electron chi connectivity index (χ3n) is 2.22. The minimum atomic E-state index is 0.0878. The average Bonchev–Trinajstić information content (AvgIpc) is 2.33. The second kappa shape index (κ2) is 5.11. The first kappa shape index (κ1) is 11.8. The van der Waals surface area contributed by atoms with Crippen LogP contribution in [0.1, 0.15) is 11.1 Å². The Morgan fingerprint density at radius 2 is 1.53 bits per heavy atom. The predicted molar refractivity (Wildman–Crippen MR) is 77.7 cm³/mol. The number of nitrogens with two attached hydrogens (primary N) is 1. The lowest BCUT2D eigenvalue weighted by Gasteiger charge is -1.97. The zero-order chi connectivity index (χ0) is 12.3. The maximum Gasteiger partial charge on any atom is 0.138 e. The van der Waals surface area contributed by atoms with Crippen molar-refractivity contribution < 1.29 is 5.11 Å². The molecular formula is C14H10INO. The molecule has 0 radical (unpaired) electrons. The Kier molecular flexibility index (Phi) is 3.55. The molecular weight excluding hydrogens is 325 g/mol. The lowest BCUT2D eigenvalue weighted by Crippen LogP contribution is -1.86. The molecule has 3 N–H and O–H groups in total. The number of phenolic OH excluding ortho intramolecular Hbond substituents is 1. The summed E-state index contributed by atoms with van der Waals surface area (Å²) in [7, 11) is 0. The molecule has 0 amide bonds. The fourth-order valence-corrected chi connectivity index (χ4v) is 1.67. The third kappa shape index (κ3) is 3.14. The Bertz CT molecular complexity index is 594. The Balaban J connectivity index is 2.26. The smallest absolute Gasteiger partial charge is 0.138 e. The monoisotopic (exact) mass is 335 g/mol. The number of aromatic hydroxyl groups is 1. The summed E-state index contributed by atoms with van der Waals surface area (Å²) < 4.78 is 1.18. The van der Waals surface area contributed by atoms with Crippen LogP contribution in [0.2, 0.25) is 0 Å². The maximum absolute atomic E-state index is 9.29. The fraction of sp³-hybridized carbons (Fsp3) is 0. The second-order valence-corrected chi connectivity index (χ2v) is 4.78. The van der Waals surface area contributed by atoms with E-state index in [1.165, 1.54) is 3.57 Å². The van der Waals surface area contributed by atoms with E-state index in [0.717, 1.165) is 11.1 Å². The van der Waals surface area contributed by atoms with Gasteiger partial charge >= 0.3 is 0 Å². The number of rotatable bonds is 0. The number of phenols is 1. The van der Waals surface area contributed by atoms with Crippen molar-refractivity contribution in [2.75, 3.05) is 5.73 Å². The molecule has 0 atom stereocenters. The van der Waals surface area contributed by atoms with E-state index in [1.807, 2.05) is 24.3 Å². The SMILES string of the molecule is Nc1cc(C#Cc2ccc(I)cc2)ccc1O. The van der Waals surface area contributed by atoms with E-state index < -0.39 is 0 Å². The van der Waals surface area contributed by atoms with Crippen molar-refractivity contribution in [3.05, 3.63) is 57.2 Å². The van der Waals surface area contributed by atoms with Crippen LogP contribution < -0.4 is 5.73 Å². The molecule has 0 spiro atoms. The van der Waals surface area contributed by atoms with Crippen LogP contribution in [0.15, 0.2) is 42.5 Å². The van der Waals surface area contributed by atoms with Gasteiger partial charge < -0.3 is 10.8 Å². The number of anilines is 1. The van der Waals surface area contributed by atoms with Gasteiger partial charge in [0, 0.05) is 14.7 Å². The van der Waals surface area contributed by atoms with E-state index in [4.69, 9.17) is 5.73 Å². The van der Waals surface area contributed by atoms with E-state index in [9.17, 15) is 5.11 Å². The Hall–Kier alpha value is -1.67. The van der Waals surface area contributed by atoms with E-state index in [0.29, 0.717) is 5.69 Å². The molecule has 84 valence electrons. The van der Waals surface area contributed by atoms with E-state index in [-0.39, 0.29) is 5.75 Å². The summed E-state index contributed by atoms with van der Waals surface area (Å²) in [6.07, 6.45) is 0. The molecule has 3 heteroatoms. The van der Waals surface area contributed by atoms with Crippen LogP contribution in [0.5, 0.6) is 5.75 Å². The van der Waals surface area contributed by atoms with Crippen molar-refractivity contribution in [2.45, 2.75) is 0 Å². The molecule has 0 bridgehead atoms. The topological polar surface area (TPSA) is 46.2 Å². The number of hydrogen-bond acceptors (Lipinski definition) is 2. The van der Waals surface area contributed by atoms with Gasteiger partial charge in [-0.2, -0.15) is 0 Å². The van der Waals surface area contributed by atoms with E-state index >= 15 is 0 Å². The first-order valence-corrected chi connectivity index (χ1v) is 6.09. The molecule has 17 heavy (non-hydrogen) atoms. The second-order valence-electron chi connectivity index (χ2n) is 3.53. The van der Waals surface area contributed by atoms with Gasteiger partial charge in [0.25, 0.3) is 0 Å². The Labute approximate surface area is 114 Å². The van der Waals surface area contributed by atoms with Crippen LogP contribution in [0.3, 0.4) is 0 Å². The first-order valence-electron chi connectivity index (χ1n) is 5.01. The number of nitrogen functional groups attached to an aromatic ring is 1. The molecule has 0 unspecified atom stereocenters. The molecule has 2 nitrogen and oxygen atoms in total. The highest BCUT2D eigenvalue weighted by Gasteiger charge is 1.95. The maximum atomic E-state index is 9.29. The van der Waals surface area contributed by atoms with Crippen molar-refractivity contribution in [1.29, 1.82) is 0 Å². The fourth-order valence-electron chi connectivity index (χ4n) is 1.31. The third-order valence-corrected chi connectivity index (χ3v) is 2.94. The lowest BCUT2D eigenvalue weighted by atomic mass is 10.1. The van der Waals surface area contributed by atoms with Gasteiger partial charge in [0.05, 0.1) is 5.69 Å². The van der Waals surface area contributed by atoms with Crippen LogP contribution in [0, 0.1) is 15.4 Å². The van der Waals surface area contributed by atoms with Gasteiger partial charge in [0.2, 0.25) is 0 Å². The summed E-state index contributed by atoms with van der Waals surface area (Å²) >= 11 is 2.25. The van der Waals surface area contributed by atoms with Gasteiger partial charge in [-0.3, -0.25) is 0 Å². The highest BCUT2D eigenvalue weighted by Crippen LogP contribution is 2.19. The molecule has 0 aliphatic carbocycles. The van der Waals surface area contributed by atoms with Crippen molar-refractivity contribution in [2.24, 2.45) is 0 Å². The molecule has 0 aromatic heterocycles. The zero-order valence-corrected chi connectivity index (χ0v) is 11.1. The van der Waals surface area contributed by atoms with Crippen molar-refractivity contribution >= 4 is 28.3 Å². The minimum Gasteiger partial charge on any atom is -0.506 e. The van der Waals surface area contributed by atoms with Gasteiger partial charge in [0.1, 0.15) is 5.75 Å². The summed E-state index contributed by atoms with van der Waals surface area (Å²) in [5.41, 5.74) is 7.68. The number of hydrogen-bond donors (Lipinski definition) is 2. The Morgan fingerprint density at radius 1 is 0.941 bits per heavy atom. The summed E-state index contributed by atoms with van der Waals surface area (Å²) in [6, 6.07) is 12.9. The number of halogens is 1. The Morgan fingerprint density at radius 3 is 2.18 bits per heavy atom. The summed E-state index contributed by atoms with van der Waals surface area (Å²) in [4.78, 5) is 0. The van der Waals surface area contributed by atoms with Gasteiger partial charge in [-0.25, -0.2) is 0 Å². The van der Waals surface area contributed by atoms with Crippen LogP contribution in [0.4, 0.5) is 5.69 Å².